The lowest BCUT2D eigenvalue weighted by Crippen LogP contribution is -2.40. The van der Waals surface area contributed by atoms with Gasteiger partial charge in [-0.3, -0.25) is 0 Å². The molecule has 158 valence electrons. The highest BCUT2D eigenvalue weighted by molar-refractivity contribution is 7.72. The summed E-state index contributed by atoms with van der Waals surface area (Å²) in [6.07, 6.45) is 0.793. The third kappa shape index (κ3) is 4.88. The van der Waals surface area contributed by atoms with Gasteiger partial charge in [-0.05, 0) is 23.9 Å². The molecule has 3 rings (SSSR count). The van der Waals surface area contributed by atoms with Crippen molar-refractivity contribution < 1.29 is 10.2 Å². The number of rotatable bonds is 6. The van der Waals surface area contributed by atoms with Gasteiger partial charge >= 0.3 is 0 Å². The van der Waals surface area contributed by atoms with Crippen LogP contribution in [0.4, 0.5) is 0 Å². The third-order valence-corrected chi connectivity index (χ3v) is 12.0. The van der Waals surface area contributed by atoms with Crippen molar-refractivity contribution in [1.29, 1.82) is 0 Å². The first kappa shape index (κ1) is 22.8. The first-order valence-electron chi connectivity index (χ1n) is 10.5. The molecule has 0 aliphatic rings. The molecule has 0 amide bonds. The molecule has 0 fully saturated rings. The summed E-state index contributed by atoms with van der Waals surface area (Å²) in [6, 6.07) is 22.8. The van der Waals surface area contributed by atoms with Crippen LogP contribution in [-0.2, 0) is 6.16 Å². The predicted molar refractivity (Wildman–Crippen MR) is 139 cm³/mol. The van der Waals surface area contributed by atoms with Gasteiger partial charge in [0, 0.05) is 16.8 Å². The van der Waals surface area contributed by atoms with Crippen molar-refractivity contribution in [3.8, 4) is 11.5 Å². The number of aromatic hydroxyl groups is 2. The number of hydrogen-bond acceptors (Lipinski definition) is 2. The summed E-state index contributed by atoms with van der Waals surface area (Å²) in [5, 5.41) is 26.8. The largest absolute Gasteiger partial charge is 0.507 e. The maximum absolute atomic E-state index is 11.3. The van der Waals surface area contributed by atoms with Crippen LogP contribution in [0.1, 0.15) is 5.56 Å². The Morgan fingerprint density at radius 3 is 1.43 bits per heavy atom. The van der Waals surface area contributed by atoms with Crippen LogP contribution in [0.3, 0.4) is 0 Å². The van der Waals surface area contributed by atoms with Gasteiger partial charge in [-0.1, -0.05) is 106 Å². The normalized spacial score (nSPS) is 12.4. The van der Waals surface area contributed by atoms with E-state index < -0.39 is 24.1 Å². The molecule has 2 N–H and O–H groups in total. The Bertz CT molecular complexity index is 958. The number of phenols is 2. The fraction of sp³-hybridized carbons (Fsp3) is 0.280. The van der Waals surface area contributed by atoms with Crippen LogP contribution in [0.2, 0.25) is 39.3 Å². The lowest BCUT2D eigenvalue weighted by Gasteiger charge is -2.27. The molecule has 3 aromatic rings. The zero-order valence-electron chi connectivity index (χ0n) is 18.9. The Balaban J connectivity index is 2.22. The Morgan fingerprint density at radius 1 is 0.600 bits per heavy atom. The van der Waals surface area contributed by atoms with Crippen molar-refractivity contribution >= 4 is 45.1 Å². The minimum atomic E-state index is -1.70. The molecule has 3 aromatic carbocycles. The Hall–Kier alpha value is -1.88. The van der Waals surface area contributed by atoms with Crippen LogP contribution in [0, 0.1) is 0 Å². The molecule has 0 bridgehead atoms. The Morgan fingerprint density at radius 2 is 1.03 bits per heavy atom. The molecule has 0 spiro atoms. The van der Waals surface area contributed by atoms with Gasteiger partial charge in [-0.2, -0.15) is 0 Å². The molecule has 0 aromatic heterocycles. The van der Waals surface area contributed by atoms with Gasteiger partial charge in [-0.15, -0.1) is 0 Å². The van der Waals surface area contributed by atoms with Crippen molar-refractivity contribution in [3.63, 3.8) is 0 Å². The van der Waals surface area contributed by atoms with E-state index >= 15 is 0 Å². The standard InChI is InChI=1S/C25H33O2PSi2/c1-29(2,3)22-16-10-14-20(24(22)26)28(18-19-12-8-7-9-13-19)21-15-11-17-23(25(21)27)30(4,5)6/h7-17,26-27H,18H2,1-6H3. The Labute approximate surface area is 184 Å². The van der Waals surface area contributed by atoms with Gasteiger partial charge in [0.05, 0.1) is 16.1 Å². The monoisotopic (exact) mass is 452 g/mol. The molecule has 2 nitrogen and oxygen atoms in total. The lowest BCUT2D eigenvalue weighted by atomic mass is 10.2. The van der Waals surface area contributed by atoms with Crippen molar-refractivity contribution in [2.75, 3.05) is 0 Å². The summed E-state index contributed by atoms with van der Waals surface area (Å²) >= 11 is 0. The van der Waals surface area contributed by atoms with E-state index in [2.05, 4.69) is 87.8 Å². The van der Waals surface area contributed by atoms with E-state index in [1.54, 1.807) is 0 Å². The second-order valence-corrected chi connectivity index (χ2v) is 22.1. The van der Waals surface area contributed by atoms with Gasteiger partial charge in [-0.25, -0.2) is 0 Å². The van der Waals surface area contributed by atoms with E-state index in [0.717, 1.165) is 27.1 Å². The molecule has 0 unspecified atom stereocenters. The lowest BCUT2D eigenvalue weighted by molar-refractivity contribution is 0.483. The fourth-order valence-corrected chi connectivity index (χ4v) is 9.33. The molecule has 0 aliphatic heterocycles. The molecule has 5 heteroatoms. The number of hydrogen-bond donors (Lipinski definition) is 2. The average molecular weight is 453 g/mol. The quantitative estimate of drug-likeness (QED) is 0.416. The molecule has 0 aliphatic carbocycles. The van der Waals surface area contributed by atoms with E-state index in [1.807, 2.05) is 18.2 Å². The van der Waals surface area contributed by atoms with Gasteiger partial charge in [0.15, 0.2) is 0 Å². The van der Waals surface area contributed by atoms with E-state index in [0.29, 0.717) is 11.5 Å². The molecule has 0 radical (unpaired) electrons. The maximum Gasteiger partial charge on any atom is 0.122 e. The first-order chi connectivity index (χ1) is 14.0. The molecule has 0 heterocycles. The van der Waals surface area contributed by atoms with Crippen LogP contribution in [0.25, 0.3) is 0 Å². The van der Waals surface area contributed by atoms with Crippen molar-refractivity contribution in [3.05, 3.63) is 72.3 Å². The van der Waals surface area contributed by atoms with Crippen molar-refractivity contribution in [2.24, 2.45) is 0 Å². The smallest absolute Gasteiger partial charge is 0.122 e. The van der Waals surface area contributed by atoms with Crippen LogP contribution in [0.5, 0.6) is 11.5 Å². The minimum Gasteiger partial charge on any atom is -0.507 e. The number of benzene rings is 3. The summed E-state index contributed by atoms with van der Waals surface area (Å²) in [7, 11) is -4.35. The van der Waals surface area contributed by atoms with Crippen LogP contribution < -0.4 is 21.0 Å². The predicted octanol–water partition coefficient (Wildman–Crippen LogP) is 4.82. The molecule has 0 saturated carbocycles. The summed E-state index contributed by atoms with van der Waals surface area (Å²) in [5.74, 6) is 0.855. The second kappa shape index (κ2) is 8.70. The number of para-hydroxylation sites is 2. The van der Waals surface area contributed by atoms with Gasteiger partial charge in [0.2, 0.25) is 0 Å². The summed E-state index contributed by atoms with van der Waals surface area (Å²) in [5.41, 5.74) is 1.22. The van der Waals surface area contributed by atoms with E-state index in [1.165, 1.54) is 5.56 Å². The fourth-order valence-electron chi connectivity index (χ4n) is 3.77. The van der Waals surface area contributed by atoms with E-state index in [-0.39, 0.29) is 0 Å². The molecule has 0 atom stereocenters. The average Bonchev–Trinajstić information content (AvgIpc) is 2.66. The van der Waals surface area contributed by atoms with E-state index in [9.17, 15) is 10.2 Å². The van der Waals surface area contributed by atoms with Crippen molar-refractivity contribution in [1.82, 2.24) is 0 Å². The summed E-state index contributed by atoms with van der Waals surface area (Å²) in [6.45, 7) is 13.6. The molecule has 0 saturated heterocycles. The van der Waals surface area contributed by atoms with Gasteiger partial charge in [0.25, 0.3) is 0 Å². The highest BCUT2D eigenvalue weighted by Gasteiger charge is 2.29. The van der Waals surface area contributed by atoms with Gasteiger partial charge in [0.1, 0.15) is 11.5 Å². The number of phenolic OH excluding ortho intramolecular Hbond substituents is 2. The van der Waals surface area contributed by atoms with Gasteiger partial charge < -0.3 is 10.2 Å². The third-order valence-electron chi connectivity index (χ3n) is 5.41. The highest BCUT2D eigenvalue weighted by Crippen LogP contribution is 2.42. The van der Waals surface area contributed by atoms with Crippen molar-refractivity contribution in [2.45, 2.75) is 45.4 Å². The topological polar surface area (TPSA) is 40.5 Å². The zero-order chi connectivity index (χ0) is 22.1. The molecule has 30 heavy (non-hydrogen) atoms. The first-order valence-corrected chi connectivity index (χ1v) is 19.0. The SMILES string of the molecule is C[Si](C)(C)c1cccc(P(Cc2ccccc2)c2cccc([Si](C)(C)C)c2O)c1O. The Kier molecular flexibility index (Phi) is 6.61. The maximum atomic E-state index is 11.3. The molecular weight excluding hydrogens is 419 g/mol. The minimum absolute atomic E-state index is 0.427. The summed E-state index contributed by atoms with van der Waals surface area (Å²) in [4.78, 5) is 0. The van der Waals surface area contributed by atoms with Crippen LogP contribution in [0.15, 0.2) is 66.7 Å². The zero-order valence-corrected chi connectivity index (χ0v) is 21.8. The van der Waals surface area contributed by atoms with Crippen LogP contribution >= 0.6 is 7.92 Å². The highest BCUT2D eigenvalue weighted by atomic mass is 31.1. The molecular formula is C25H33O2PSi2. The van der Waals surface area contributed by atoms with E-state index in [4.69, 9.17) is 0 Å². The van der Waals surface area contributed by atoms with Crippen LogP contribution in [-0.4, -0.2) is 26.4 Å². The summed E-state index contributed by atoms with van der Waals surface area (Å²) < 4.78 is 0. The second-order valence-electron chi connectivity index (χ2n) is 9.92.